The Hall–Kier alpha value is -1.56. The van der Waals surface area contributed by atoms with Crippen molar-refractivity contribution in [3.63, 3.8) is 0 Å². The molecule has 0 radical (unpaired) electrons. The molecule has 4 nitrogen and oxygen atoms in total. The van der Waals surface area contributed by atoms with Gasteiger partial charge in [-0.05, 0) is 24.6 Å². The summed E-state index contributed by atoms with van der Waals surface area (Å²) in [6.45, 7) is 2.55. The van der Waals surface area contributed by atoms with Crippen LogP contribution in [0, 0.1) is 5.82 Å². The minimum absolute atomic E-state index is 0.0258. The van der Waals surface area contributed by atoms with E-state index in [0.717, 1.165) is 6.42 Å². The number of carbonyl (C=O) groups is 1. The molecule has 0 N–H and O–H groups in total. The summed E-state index contributed by atoms with van der Waals surface area (Å²) in [5, 5.41) is 7.51. The molecule has 0 saturated carbocycles. The lowest BCUT2D eigenvalue weighted by Crippen LogP contribution is -2.12. The van der Waals surface area contributed by atoms with E-state index >= 15 is 0 Å². The van der Waals surface area contributed by atoms with Crippen LogP contribution in [0.25, 0.3) is 0 Å². The van der Waals surface area contributed by atoms with E-state index < -0.39 is 11.6 Å². The first-order valence-electron chi connectivity index (χ1n) is 5.51. The number of rotatable bonds is 4. The fourth-order valence-electron chi connectivity index (χ4n) is 1.62. The molecule has 94 valence electrons. The number of nitrogens with zero attached hydrogens (tertiary/aromatic N) is 3. The first-order valence-corrected chi connectivity index (χ1v) is 6.31. The topological polar surface area (TPSA) is 47.8 Å². The fraction of sp³-hybridized carbons (Fsp3) is 0.250. The van der Waals surface area contributed by atoms with E-state index in [1.807, 2.05) is 6.92 Å². The molecular formula is C12H11BrFN3O. The number of benzene rings is 1. The van der Waals surface area contributed by atoms with Crippen molar-refractivity contribution in [3.05, 3.63) is 45.9 Å². The van der Waals surface area contributed by atoms with E-state index in [9.17, 15) is 9.18 Å². The molecule has 2 rings (SSSR count). The molecule has 0 saturated heterocycles. The number of hydrogen-bond donors (Lipinski definition) is 0. The Bertz CT molecular complexity index is 582. The average molecular weight is 312 g/mol. The number of aromatic nitrogens is 3. The number of ketones is 1. The van der Waals surface area contributed by atoms with Crippen LogP contribution in [0.4, 0.5) is 4.39 Å². The number of hydrogen-bond acceptors (Lipinski definition) is 3. The molecule has 0 aliphatic carbocycles. The second-order valence-electron chi connectivity index (χ2n) is 3.80. The van der Waals surface area contributed by atoms with E-state index in [1.54, 1.807) is 6.07 Å². The molecule has 2 aromatic rings. The van der Waals surface area contributed by atoms with Crippen LogP contribution in [0.5, 0.6) is 0 Å². The van der Waals surface area contributed by atoms with E-state index in [2.05, 4.69) is 26.2 Å². The second-order valence-corrected chi connectivity index (χ2v) is 4.71. The highest BCUT2D eigenvalue weighted by Crippen LogP contribution is 2.18. The van der Waals surface area contributed by atoms with E-state index in [4.69, 9.17) is 0 Å². The van der Waals surface area contributed by atoms with Gasteiger partial charge in [-0.3, -0.25) is 4.79 Å². The van der Waals surface area contributed by atoms with Gasteiger partial charge in [0.1, 0.15) is 11.5 Å². The Kier molecular flexibility index (Phi) is 3.86. The fourth-order valence-corrected chi connectivity index (χ4v) is 1.96. The normalized spacial score (nSPS) is 10.6. The van der Waals surface area contributed by atoms with Crippen LogP contribution in [0.1, 0.15) is 29.4 Å². The van der Waals surface area contributed by atoms with Gasteiger partial charge >= 0.3 is 0 Å². The molecule has 0 fully saturated rings. The molecule has 0 amide bonds. The average Bonchev–Trinajstić information content (AvgIpc) is 2.77. The molecule has 0 atom stereocenters. The first kappa shape index (κ1) is 12.9. The van der Waals surface area contributed by atoms with Crippen molar-refractivity contribution < 1.29 is 9.18 Å². The van der Waals surface area contributed by atoms with Crippen LogP contribution in [0.15, 0.2) is 28.9 Å². The van der Waals surface area contributed by atoms with Crippen molar-refractivity contribution in [1.82, 2.24) is 15.0 Å². The minimum Gasteiger partial charge on any atom is -0.287 e. The van der Waals surface area contributed by atoms with Crippen molar-refractivity contribution in [2.75, 3.05) is 0 Å². The van der Waals surface area contributed by atoms with Gasteiger partial charge in [0.05, 0.1) is 11.8 Å². The Labute approximate surface area is 112 Å². The molecule has 0 aliphatic rings. The maximum Gasteiger partial charge on any atom is 0.215 e. The van der Waals surface area contributed by atoms with Gasteiger partial charge in [-0.1, -0.05) is 28.1 Å². The van der Waals surface area contributed by atoms with E-state index in [-0.39, 0.29) is 5.56 Å². The lowest BCUT2D eigenvalue weighted by molar-refractivity contribution is 0.102. The molecule has 18 heavy (non-hydrogen) atoms. The lowest BCUT2D eigenvalue weighted by Gasteiger charge is -2.05. The van der Waals surface area contributed by atoms with E-state index in [0.29, 0.717) is 16.7 Å². The van der Waals surface area contributed by atoms with Crippen molar-refractivity contribution in [2.45, 2.75) is 19.9 Å². The monoisotopic (exact) mass is 311 g/mol. The highest BCUT2D eigenvalue weighted by Gasteiger charge is 2.18. The summed E-state index contributed by atoms with van der Waals surface area (Å²) >= 11 is 3.15. The van der Waals surface area contributed by atoms with Gasteiger partial charge in [-0.2, -0.15) is 0 Å². The number of halogens is 2. The summed E-state index contributed by atoms with van der Waals surface area (Å²) in [6.07, 6.45) is 2.19. The Morgan fingerprint density at radius 3 is 2.94 bits per heavy atom. The van der Waals surface area contributed by atoms with Crippen molar-refractivity contribution in [1.29, 1.82) is 0 Å². The highest BCUT2D eigenvalue weighted by atomic mass is 79.9. The zero-order chi connectivity index (χ0) is 13.1. The van der Waals surface area contributed by atoms with Gasteiger partial charge in [0.15, 0.2) is 0 Å². The molecular weight excluding hydrogens is 301 g/mol. The minimum atomic E-state index is -0.557. The van der Waals surface area contributed by atoms with Crippen molar-refractivity contribution in [2.24, 2.45) is 0 Å². The van der Waals surface area contributed by atoms with Gasteiger partial charge in [0.2, 0.25) is 5.78 Å². The zero-order valence-electron chi connectivity index (χ0n) is 9.73. The third-order valence-electron chi connectivity index (χ3n) is 2.46. The second kappa shape index (κ2) is 5.39. The van der Waals surface area contributed by atoms with Gasteiger partial charge in [-0.15, -0.1) is 5.10 Å². The first-order chi connectivity index (χ1) is 8.63. The Morgan fingerprint density at radius 1 is 1.50 bits per heavy atom. The summed E-state index contributed by atoms with van der Waals surface area (Å²) in [6, 6.07) is 4.34. The molecule has 0 aliphatic heterocycles. The number of carbonyl (C=O) groups excluding carboxylic acids is 1. The molecule has 1 aromatic carbocycles. The van der Waals surface area contributed by atoms with Gasteiger partial charge < -0.3 is 0 Å². The largest absolute Gasteiger partial charge is 0.287 e. The summed E-state index contributed by atoms with van der Waals surface area (Å²) < 4.78 is 15.8. The molecule has 1 aromatic heterocycles. The van der Waals surface area contributed by atoms with Gasteiger partial charge in [-0.25, -0.2) is 9.07 Å². The van der Waals surface area contributed by atoms with E-state index in [1.165, 1.54) is 23.0 Å². The van der Waals surface area contributed by atoms with Crippen LogP contribution >= 0.6 is 15.9 Å². The molecule has 6 heteroatoms. The smallest absolute Gasteiger partial charge is 0.215 e. The lowest BCUT2D eigenvalue weighted by atomic mass is 10.1. The third kappa shape index (κ3) is 2.48. The Morgan fingerprint density at radius 2 is 2.28 bits per heavy atom. The predicted molar refractivity (Wildman–Crippen MR) is 67.8 cm³/mol. The molecule has 0 unspecified atom stereocenters. The maximum atomic E-state index is 13.7. The van der Waals surface area contributed by atoms with Crippen molar-refractivity contribution >= 4 is 21.7 Å². The maximum absolute atomic E-state index is 13.7. The van der Waals surface area contributed by atoms with Gasteiger partial charge in [0, 0.05) is 11.0 Å². The Balaban J connectivity index is 2.38. The molecule has 0 spiro atoms. The molecule has 1 heterocycles. The van der Waals surface area contributed by atoms with Crippen LogP contribution < -0.4 is 0 Å². The third-order valence-corrected chi connectivity index (χ3v) is 2.95. The predicted octanol–water partition coefficient (Wildman–Crippen LogP) is 2.82. The van der Waals surface area contributed by atoms with Crippen molar-refractivity contribution in [3.8, 4) is 0 Å². The SMILES string of the molecule is CCCn1nncc1C(=O)c1ccc(Br)cc1F. The number of aryl methyl sites for hydroxylation is 1. The zero-order valence-corrected chi connectivity index (χ0v) is 11.3. The summed E-state index contributed by atoms with van der Waals surface area (Å²) in [5.41, 5.74) is 0.330. The van der Waals surface area contributed by atoms with Crippen LogP contribution in [0.2, 0.25) is 0 Å². The highest BCUT2D eigenvalue weighted by molar-refractivity contribution is 9.10. The van der Waals surface area contributed by atoms with Crippen LogP contribution in [-0.4, -0.2) is 20.8 Å². The van der Waals surface area contributed by atoms with Crippen LogP contribution in [0.3, 0.4) is 0 Å². The van der Waals surface area contributed by atoms with Crippen LogP contribution in [-0.2, 0) is 6.54 Å². The summed E-state index contributed by atoms with van der Waals surface area (Å²) in [5.74, 6) is -0.961. The summed E-state index contributed by atoms with van der Waals surface area (Å²) in [7, 11) is 0. The van der Waals surface area contributed by atoms with Gasteiger partial charge in [0.25, 0.3) is 0 Å². The quantitative estimate of drug-likeness (QED) is 0.816. The standard InChI is InChI=1S/C12H11BrFN3O/c1-2-5-17-11(7-15-16-17)12(18)9-4-3-8(13)6-10(9)14/h3-4,6-7H,2,5H2,1H3. The molecule has 0 bridgehead atoms. The summed E-state index contributed by atoms with van der Waals surface area (Å²) in [4.78, 5) is 12.2.